The van der Waals surface area contributed by atoms with Crippen LogP contribution in [0.5, 0.6) is 0 Å². The first kappa shape index (κ1) is 40.3. The molecule has 0 amide bonds. The van der Waals surface area contributed by atoms with Gasteiger partial charge in [0, 0.05) is 33.9 Å². The summed E-state index contributed by atoms with van der Waals surface area (Å²) in [6, 6.07) is -0.632. The van der Waals surface area contributed by atoms with Gasteiger partial charge in [-0.25, -0.2) is 0 Å². The van der Waals surface area contributed by atoms with E-state index in [1.165, 1.54) is 19.4 Å². The van der Waals surface area contributed by atoms with Crippen LogP contribution in [0, 0.1) is 33.5 Å². The molecule has 0 aromatic carbocycles. The van der Waals surface area contributed by atoms with Crippen molar-refractivity contribution >= 4 is 44.2 Å². The van der Waals surface area contributed by atoms with Crippen molar-refractivity contribution < 1.29 is 38.0 Å². The molecule has 0 aromatic heterocycles. The summed E-state index contributed by atoms with van der Waals surface area (Å²) in [5.74, 6) is -3.73. The number of hydrogen-bond acceptors (Lipinski definition) is 9. The molecule has 3 aliphatic heterocycles. The molecule has 0 radical (unpaired) electrons. The summed E-state index contributed by atoms with van der Waals surface area (Å²) in [4.78, 5) is 31.0. The van der Waals surface area contributed by atoms with Crippen LogP contribution < -0.4 is 5.32 Å². The molecular weight excluding hydrogens is 735 g/mol. The van der Waals surface area contributed by atoms with Crippen molar-refractivity contribution in [1.82, 2.24) is 5.32 Å². The van der Waals surface area contributed by atoms with Gasteiger partial charge in [0.25, 0.3) is 0 Å². The maximum Gasteiger partial charge on any atom is 0.322 e. The predicted molar refractivity (Wildman–Crippen MR) is 218 cm³/mol. The van der Waals surface area contributed by atoms with Crippen molar-refractivity contribution in [2.45, 2.75) is 140 Å². The van der Waals surface area contributed by atoms with Crippen LogP contribution in [-0.2, 0) is 38.0 Å². The zero-order valence-corrected chi connectivity index (χ0v) is 40.1. The molecule has 3 heterocycles. The van der Waals surface area contributed by atoms with Gasteiger partial charge < -0.3 is 33.7 Å². The molecule has 0 aromatic rings. The second-order valence-corrected chi connectivity index (χ2v) is 44.1. The molecule has 7 aliphatic rings. The zero-order valence-electron chi connectivity index (χ0n) is 36.1. The summed E-state index contributed by atoms with van der Waals surface area (Å²) in [5, 5.41) is 5.26. The van der Waals surface area contributed by atoms with Gasteiger partial charge in [-0.3, -0.25) is 9.59 Å². The molecule has 2 spiro atoms. The van der Waals surface area contributed by atoms with Crippen LogP contribution in [0.15, 0.2) is 22.5 Å². The van der Waals surface area contributed by atoms with E-state index in [4.69, 9.17) is 28.4 Å². The van der Waals surface area contributed by atoms with E-state index in [2.05, 4.69) is 124 Å². The first-order chi connectivity index (χ1) is 23.9. The van der Waals surface area contributed by atoms with Crippen molar-refractivity contribution in [3.63, 3.8) is 0 Å². The lowest BCUT2D eigenvalue weighted by atomic mass is 9.64. The van der Waals surface area contributed by atoms with Crippen molar-refractivity contribution in [2.24, 2.45) is 33.5 Å². The Bertz CT molecular complexity index is 1680. The van der Waals surface area contributed by atoms with Crippen LogP contribution in [0.25, 0.3) is 0 Å². The molecule has 5 fully saturated rings. The third-order valence-corrected chi connectivity index (χ3v) is 25.8. The summed E-state index contributed by atoms with van der Waals surface area (Å²) < 4.78 is 41.8. The molecule has 2 saturated carbocycles. The first-order valence-corrected chi connectivity index (χ1v) is 33.9. The number of carbonyl (C=O) groups is 2. The molecule has 3 saturated heterocycles. The predicted octanol–water partition coefficient (Wildman–Crippen LogP) is 7.24. The SMILES string of the molecule is COC(=O)[C@]12C([Si](C)(C)C)=C[C@]([Si](C)(C)C)([C@@H]3[C@@H]4[C@H](N[C@@H]31)[C@@]1([Si](C)(C)C)C=C([Si](C)(C)C)[C@]4(C(=O)OC)C13OCC(C)(C)CO3)C21OCC(C)(C)CO1. The molecule has 13 heteroatoms. The zero-order chi connectivity index (χ0) is 39.8. The van der Waals surface area contributed by atoms with Crippen molar-refractivity contribution in [3.05, 3.63) is 22.5 Å². The minimum Gasteiger partial charge on any atom is -0.468 e. The van der Waals surface area contributed by atoms with Crippen molar-refractivity contribution in [1.29, 1.82) is 0 Å². The quantitative estimate of drug-likeness (QED) is 0.220. The monoisotopic (exact) mass is 803 g/mol. The Morgan fingerprint density at radius 1 is 0.585 bits per heavy atom. The van der Waals surface area contributed by atoms with Gasteiger partial charge in [0.2, 0.25) is 0 Å². The van der Waals surface area contributed by atoms with E-state index < -0.39 is 70.8 Å². The van der Waals surface area contributed by atoms with E-state index in [-0.39, 0.29) is 40.6 Å². The number of rotatable bonds is 6. The van der Waals surface area contributed by atoms with E-state index in [9.17, 15) is 0 Å². The smallest absolute Gasteiger partial charge is 0.322 e. The molecule has 8 atom stereocenters. The number of carbonyl (C=O) groups excluding carboxylic acids is 2. The number of fused-ring (bicyclic) bond motifs is 7. The molecule has 298 valence electrons. The minimum absolute atomic E-state index is 0.226. The van der Waals surface area contributed by atoms with E-state index in [1.807, 2.05) is 0 Å². The highest BCUT2D eigenvalue weighted by Crippen LogP contribution is 2.89. The van der Waals surface area contributed by atoms with Gasteiger partial charge in [-0.2, -0.15) is 0 Å². The van der Waals surface area contributed by atoms with Gasteiger partial charge in [-0.1, -0.05) is 129 Å². The molecule has 0 unspecified atom stereocenters. The van der Waals surface area contributed by atoms with Gasteiger partial charge in [-0.05, 0) is 5.92 Å². The Hall–Kier alpha value is -0.912. The molecular formula is C40H69NO8Si4. The average Bonchev–Trinajstić information content (AvgIpc) is 3.72. The Morgan fingerprint density at radius 2 is 0.943 bits per heavy atom. The summed E-state index contributed by atoms with van der Waals surface area (Å²) in [7, 11) is -6.47. The van der Waals surface area contributed by atoms with Gasteiger partial charge in [-0.15, -0.1) is 0 Å². The van der Waals surface area contributed by atoms with Crippen molar-refractivity contribution in [3.8, 4) is 0 Å². The van der Waals surface area contributed by atoms with Crippen molar-refractivity contribution in [2.75, 3.05) is 40.6 Å². The molecule has 9 nitrogen and oxygen atoms in total. The Labute approximate surface area is 323 Å². The van der Waals surface area contributed by atoms with Crippen LogP contribution in [0.3, 0.4) is 0 Å². The van der Waals surface area contributed by atoms with E-state index in [1.54, 1.807) is 0 Å². The first-order valence-electron chi connectivity index (χ1n) is 19.9. The Kier molecular flexibility index (Phi) is 8.34. The number of methoxy groups -OCH3 is 2. The van der Waals surface area contributed by atoms with Gasteiger partial charge >= 0.3 is 11.9 Å². The van der Waals surface area contributed by atoms with Crippen LogP contribution in [0.1, 0.15) is 27.7 Å². The molecule has 4 bridgehead atoms. The summed E-state index contributed by atoms with van der Waals surface area (Å²) in [6.07, 6.45) is 4.99. The molecule has 53 heavy (non-hydrogen) atoms. The van der Waals surface area contributed by atoms with E-state index in [0.29, 0.717) is 26.4 Å². The third kappa shape index (κ3) is 4.21. The largest absolute Gasteiger partial charge is 0.468 e. The highest BCUT2D eigenvalue weighted by molar-refractivity contribution is 6.86. The summed E-state index contributed by atoms with van der Waals surface area (Å²) in [5.41, 5.74) is -2.98. The summed E-state index contributed by atoms with van der Waals surface area (Å²) in [6.45, 7) is 39.0. The average molecular weight is 804 g/mol. The van der Waals surface area contributed by atoms with Crippen LogP contribution in [0.4, 0.5) is 0 Å². The number of ether oxygens (including phenoxy) is 6. The van der Waals surface area contributed by atoms with E-state index >= 15 is 9.59 Å². The number of nitrogens with one attached hydrogen (secondary N) is 1. The fraction of sp³-hybridized carbons (Fsp3) is 0.850. The van der Waals surface area contributed by atoms with Crippen LogP contribution in [0.2, 0.25) is 88.6 Å². The minimum atomic E-state index is -2.52. The molecule has 1 N–H and O–H groups in total. The summed E-state index contributed by atoms with van der Waals surface area (Å²) >= 11 is 0. The Morgan fingerprint density at radius 3 is 1.32 bits per heavy atom. The Balaban J connectivity index is 1.65. The number of esters is 2. The fourth-order valence-corrected chi connectivity index (χ4v) is 24.5. The van der Waals surface area contributed by atoms with Crippen LogP contribution in [-0.4, -0.2) is 109 Å². The van der Waals surface area contributed by atoms with Gasteiger partial charge in [0.15, 0.2) is 17.0 Å². The van der Waals surface area contributed by atoms with Gasteiger partial charge in [0.1, 0.15) is 5.41 Å². The lowest BCUT2D eigenvalue weighted by Gasteiger charge is -2.58. The third-order valence-electron chi connectivity index (χ3n) is 14.9. The molecule has 7 rings (SSSR count). The molecule has 4 aliphatic carbocycles. The second kappa shape index (κ2) is 11.0. The number of hydrogen-bond donors (Lipinski definition) is 1. The lowest BCUT2D eigenvalue weighted by Crippen LogP contribution is -2.69. The fourth-order valence-electron chi connectivity index (χ4n) is 13.3. The van der Waals surface area contributed by atoms with Crippen LogP contribution >= 0.6 is 0 Å². The van der Waals surface area contributed by atoms with Gasteiger partial charge in [0.05, 0.1) is 78.0 Å². The topological polar surface area (TPSA) is 102 Å². The highest BCUT2D eigenvalue weighted by Gasteiger charge is 2.98. The maximum atomic E-state index is 15.6. The lowest BCUT2D eigenvalue weighted by molar-refractivity contribution is -0.338. The standard InChI is InChI=1S/C40H69NO8Si4/c1-33(2)21-46-39(47-22-33)35(52(13,14)15)19-26(51(10,11)12)38(39,32(43)45-6)30-27(35)28-29(41-30)36(53(16,17)18)20-25(50(7,8)9)37(28,31(42)44-5)40(36)48-23-34(3,4)24-49-40/h19-20,27-30,41H,21-24H2,1-18H3/t27-,28-,29+,30+,35+,36+,37+,38+/m1/s1. The van der Waals surface area contributed by atoms with E-state index in [0.717, 1.165) is 5.20 Å². The maximum absolute atomic E-state index is 15.6. The second-order valence-electron chi connectivity index (χ2n) is 23.3. The normalized spacial score (nSPS) is 41.6. The highest BCUT2D eigenvalue weighted by atomic mass is 28.3.